The standard InChI is InChI=1S/C15H24BrNO3S/c1-15(2,3)17-11-12-10-13(6-7-14(12)16)20-8-5-9-21(4,18)19/h6-7,10,17H,5,8-9,11H2,1-4H3. The van der Waals surface area contributed by atoms with E-state index in [9.17, 15) is 8.42 Å². The molecule has 0 bridgehead atoms. The number of rotatable bonds is 7. The molecule has 0 amide bonds. The Balaban J connectivity index is 2.56. The largest absolute Gasteiger partial charge is 0.494 e. The molecule has 1 aromatic rings. The van der Waals surface area contributed by atoms with E-state index in [0.717, 1.165) is 22.3 Å². The van der Waals surface area contributed by atoms with Crippen LogP contribution < -0.4 is 10.1 Å². The van der Waals surface area contributed by atoms with Gasteiger partial charge in [-0.3, -0.25) is 0 Å². The van der Waals surface area contributed by atoms with Gasteiger partial charge in [-0.2, -0.15) is 0 Å². The molecule has 21 heavy (non-hydrogen) atoms. The van der Waals surface area contributed by atoms with Crippen molar-refractivity contribution in [1.82, 2.24) is 5.32 Å². The fourth-order valence-corrected chi connectivity index (χ4v) is 2.68. The molecule has 0 unspecified atom stereocenters. The van der Waals surface area contributed by atoms with Crippen molar-refractivity contribution in [1.29, 1.82) is 0 Å². The Morgan fingerprint density at radius 2 is 1.95 bits per heavy atom. The number of ether oxygens (including phenoxy) is 1. The van der Waals surface area contributed by atoms with Gasteiger partial charge in [0.25, 0.3) is 0 Å². The number of hydrogen-bond donors (Lipinski definition) is 1. The molecule has 0 atom stereocenters. The van der Waals surface area contributed by atoms with E-state index in [4.69, 9.17) is 4.74 Å². The van der Waals surface area contributed by atoms with Gasteiger partial charge in [-0.15, -0.1) is 0 Å². The molecule has 0 radical (unpaired) electrons. The normalized spacial score (nSPS) is 12.4. The minimum Gasteiger partial charge on any atom is -0.494 e. The molecule has 4 nitrogen and oxygen atoms in total. The highest BCUT2D eigenvalue weighted by molar-refractivity contribution is 9.10. The number of hydrogen-bond acceptors (Lipinski definition) is 4. The summed E-state index contributed by atoms with van der Waals surface area (Å²) in [5, 5.41) is 3.43. The fraction of sp³-hybridized carbons (Fsp3) is 0.600. The topological polar surface area (TPSA) is 55.4 Å². The Bertz CT molecular complexity index is 565. The van der Waals surface area contributed by atoms with Crippen LogP contribution in [0.3, 0.4) is 0 Å². The number of nitrogens with one attached hydrogen (secondary N) is 1. The number of halogens is 1. The van der Waals surface area contributed by atoms with E-state index in [1.54, 1.807) is 0 Å². The van der Waals surface area contributed by atoms with Crippen LogP contribution in [0.15, 0.2) is 22.7 Å². The van der Waals surface area contributed by atoms with Crippen LogP contribution in [0, 0.1) is 0 Å². The van der Waals surface area contributed by atoms with Crippen LogP contribution in [0.4, 0.5) is 0 Å². The van der Waals surface area contributed by atoms with Gasteiger partial charge in [0.15, 0.2) is 0 Å². The summed E-state index contributed by atoms with van der Waals surface area (Å²) in [4.78, 5) is 0. The van der Waals surface area contributed by atoms with Gasteiger partial charge in [-0.25, -0.2) is 8.42 Å². The van der Waals surface area contributed by atoms with Crippen molar-refractivity contribution in [2.45, 2.75) is 39.3 Å². The first-order valence-corrected chi connectivity index (χ1v) is 9.76. The van der Waals surface area contributed by atoms with Crippen molar-refractivity contribution in [3.05, 3.63) is 28.2 Å². The summed E-state index contributed by atoms with van der Waals surface area (Å²) in [6.07, 6.45) is 1.74. The molecular formula is C15H24BrNO3S. The molecule has 0 saturated heterocycles. The van der Waals surface area contributed by atoms with E-state index in [1.807, 2.05) is 18.2 Å². The highest BCUT2D eigenvalue weighted by Crippen LogP contribution is 2.23. The molecule has 0 aromatic heterocycles. The highest BCUT2D eigenvalue weighted by atomic mass is 79.9. The first-order chi connectivity index (χ1) is 9.57. The molecule has 0 spiro atoms. The van der Waals surface area contributed by atoms with Crippen LogP contribution in [0.2, 0.25) is 0 Å². The van der Waals surface area contributed by atoms with Gasteiger partial charge in [0.2, 0.25) is 0 Å². The van der Waals surface area contributed by atoms with E-state index < -0.39 is 9.84 Å². The molecule has 0 aliphatic heterocycles. The van der Waals surface area contributed by atoms with Gasteiger partial charge in [-0.05, 0) is 51.0 Å². The SMILES string of the molecule is CC(C)(C)NCc1cc(OCCCS(C)(=O)=O)ccc1Br. The lowest BCUT2D eigenvalue weighted by atomic mass is 10.1. The summed E-state index contributed by atoms with van der Waals surface area (Å²) >= 11 is 3.53. The Morgan fingerprint density at radius 1 is 1.29 bits per heavy atom. The van der Waals surface area contributed by atoms with Crippen LogP contribution in [-0.2, 0) is 16.4 Å². The zero-order chi connectivity index (χ0) is 16.1. The van der Waals surface area contributed by atoms with Crippen LogP contribution in [0.25, 0.3) is 0 Å². The Hall–Kier alpha value is -0.590. The van der Waals surface area contributed by atoms with Crippen molar-refractivity contribution in [3.63, 3.8) is 0 Å². The minimum absolute atomic E-state index is 0.0474. The second kappa shape index (κ2) is 7.61. The maximum absolute atomic E-state index is 11.1. The molecule has 1 N–H and O–H groups in total. The van der Waals surface area contributed by atoms with Gasteiger partial charge >= 0.3 is 0 Å². The average Bonchev–Trinajstić information content (AvgIpc) is 2.32. The summed E-state index contributed by atoms with van der Waals surface area (Å²) in [6, 6.07) is 5.81. The lowest BCUT2D eigenvalue weighted by Gasteiger charge is -2.21. The predicted octanol–water partition coefficient (Wildman–Crippen LogP) is 3.15. The quantitative estimate of drug-likeness (QED) is 0.741. The minimum atomic E-state index is -2.92. The van der Waals surface area contributed by atoms with Gasteiger partial charge in [-0.1, -0.05) is 15.9 Å². The monoisotopic (exact) mass is 377 g/mol. The highest BCUT2D eigenvalue weighted by Gasteiger charge is 2.10. The molecule has 1 aromatic carbocycles. The van der Waals surface area contributed by atoms with Crippen LogP contribution in [0.1, 0.15) is 32.8 Å². The van der Waals surface area contributed by atoms with Crippen molar-refractivity contribution < 1.29 is 13.2 Å². The summed E-state index contributed by atoms with van der Waals surface area (Å²) in [7, 11) is -2.92. The van der Waals surface area contributed by atoms with E-state index in [0.29, 0.717) is 13.0 Å². The first-order valence-electron chi connectivity index (χ1n) is 6.91. The zero-order valence-electron chi connectivity index (χ0n) is 13.1. The first kappa shape index (κ1) is 18.5. The average molecular weight is 378 g/mol. The number of benzene rings is 1. The third kappa shape index (κ3) is 8.44. The zero-order valence-corrected chi connectivity index (χ0v) is 15.5. The lowest BCUT2D eigenvalue weighted by Crippen LogP contribution is -2.35. The Morgan fingerprint density at radius 3 is 2.52 bits per heavy atom. The molecule has 0 fully saturated rings. The maximum atomic E-state index is 11.1. The molecular weight excluding hydrogens is 354 g/mol. The molecule has 0 heterocycles. The maximum Gasteiger partial charge on any atom is 0.147 e. The summed E-state index contributed by atoms with van der Waals surface area (Å²) in [5.41, 5.74) is 1.16. The van der Waals surface area contributed by atoms with E-state index in [1.165, 1.54) is 6.26 Å². The Kier molecular flexibility index (Phi) is 6.69. The molecule has 0 aliphatic rings. The lowest BCUT2D eigenvalue weighted by molar-refractivity contribution is 0.317. The van der Waals surface area contributed by atoms with Crippen LogP contribution in [0.5, 0.6) is 5.75 Å². The Labute approximate surface area is 136 Å². The van der Waals surface area contributed by atoms with Gasteiger partial charge in [0.1, 0.15) is 15.6 Å². The van der Waals surface area contributed by atoms with Crippen molar-refractivity contribution >= 4 is 25.8 Å². The second-order valence-electron chi connectivity index (χ2n) is 6.19. The smallest absolute Gasteiger partial charge is 0.147 e. The fourth-order valence-electron chi connectivity index (χ4n) is 1.65. The summed E-state index contributed by atoms with van der Waals surface area (Å²) < 4.78 is 28.7. The van der Waals surface area contributed by atoms with Gasteiger partial charge in [0, 0.05) is 22.8 Å². The van der Waals surface area contributed by atoms with Crippen molar-refractivity contribution in [2.24, 2.45) is 0 Å². The third-order valence-electron chi connectivity index (χ3n) is 2.75. The van der Waals surface area contributed by atoms with E-state index in [-0.39, 0.29) is 11.3 Å². The van der Waals surface area contributed by atoms with E-state index >= 15 is 0 Å². The summed E-state index contributed by atoms with van der Waals surface area (Å²) in [5.74, 6) is 0.916. The van der Waals surface area contributed by atoms with Crippen LogP contribution >= 0.6 is 15.9 Å². The molecule has 0 saturated carbocycles. The summed E-state index contributed by atoms with van der Waals surface area (Å²) in [6.45, 7) is 7.50. The molecule has 6 heteroatoms. The van der Waals surface area contributed by atoms with Crippen LogP contribution in [-0.4, -0.2) is 32.6 Å². The molecule has 0 aliphatic carbocycles. The molecule has 120 valence electrons. The molecule has 1 rings (SSSR count). The second-order valence-corrected chi connectivity index (χ2v) is 9.30. The third-order valence-corrected chi connectivity index (χ3v) is 4.56. The van der Waals surface area contributed by atoms with Gasteiger partial charge in [0.05, 0.1) is 12.4 Å². The van der Waals surface area contributed by atoms with Crippen molar-refractivity contribution in [3.8, 4) is 5.75 Å². The van der Waals surface area contributed by atoms with E-state index in [2.05, 4.69) is 42.0 Å². The predicted molar refractivity (Wildman–Crippen MR) is 90.6 cm³/mol. The van der Waals surface area contributed by atoms with Gasteiger partial charge < -0.3 is 10.1 Å². The van der Waals surface area contributed by atoms with Crippen molar-refractivity contribution in [2.75, 3.05) is 18.6 Å². The number of sulfone groups is 1.